The van der Waals surface area contributed by atoms with E-state index in [1.807, 2.05) is 13.8 Å². The number of carbonyl (C=O) groups excluding carboxylic acids is 2. The summed E-state index contributed by atoms with van der Waals surface area (Å²) in [7, 11) is -4.19. The molecule has 0 aromatic heterocycles. The predicted molar refractivity (Wildman–Crippen MR) is 156 cm³/mol. The highest BCUT2D eigenvalue weighted by atomic mass is 35.5. The van der Waals surface area contributed by atoms with Crippen LogP contribution in [0, 0.1) is 19.7 Å². The Morgan fingerprint density at radius 1 is 0.975 bits per heavy atom. The highest BCUT2D eigenvalue weighted by molar-refractivity contribution is 7.92. The summed E-state index contributed by atoms with van der Waals surface area (Å²) in [6.07, 6.45) is 1.01. The number of anilines is 1. The first-order valence-electron chi connectivity index (χ1n) is 13.1. The van der Waals surface area contributed by atoms with Gasteiger partial charge in [-0.1, -0.05) is 55.3 Å². The van der Waals surface area contributed by atoms with Gasteiger partial charge in [0.2, 0.25) is 11.8 Å². The van der Waals surface area contributed by atoms with Crippen LogP contribution in [-0.4, -0.2) is 44.3 Å². The highest BCUT2D eigenvalue weighted by Crippen LogP contribution is 2.29. The predicted octanol–water partition coefficient (Wildman–Crippen LogP) is 5.62. The van der Waals surface area contributed by atoms with Gasteiger partial charge in [-0.25, -0.2) is 12.8 Å². The maximum atomic E-state index is 14.0. The molecule has 0 radical (unpaired) electrons. The van der Waals surface area contributed by atoms with E-state index in [-0.39, 0.29) is 17.3 Å². The third kappa shape index (κ3) is 7.61. The number of hydrogen-bond donors (Lipinski definition) is 1. The fraction of sp³-hybridized carbons (Fsp3) is 0.333. The highest BCUT2D eigenvalue weighted by Gasteiger charge is 2.34. The van der Waals surface area contributed by atoms with Crippen molar-refractivity contribution in [3.63, 3.8) is 0 Å². The summed E-state index contributed by atoms with van der Waals surface area (Å²) in [6.45, 7) is 7.14. The van der Waals surface area contributed by atoms with Crippen LogP contribution in [0.4, 0.5) is 10.1 Å². The molecule has 1 N–H and O–H groups in total. The van der Waals surface area contributed by atoms with Gasteiger partial charge in [-0.2, -0.15) is 0 Å². The van der Waals surface area contributed by atoms with Crippen molar-refractivity contribution in [2.24, 2.45) is 0 Å². The lowest BCUT2D eigenvalue weighted by Crippen LogP contribution is -2.52. The number of sulfonamides is 1. The molecule has 3 aromatic carbocycles. The minimum Gasteiger partial charge on any atom is -0.354 e. The van der Waals surface area contributed by atoms with Crippen molar-refractivity contribution in [1.29, 1.82) is 0 Å². The Hall–Kier alpha value is -3.43. The van der Waals surface area contributed by atoms with Gasteiger partial charge >= 0.3 is 0 Å². The number of hydrogen-bond acceptors (Lipinski definition) is 4. The molecule has 214 valence electrons. The number of carbonyl (C=O) groups is 2. The monoisotopic (exact) mass is 587 g/mol. The fourth-order valence-electron chi connectivity index (χ4n) is 4.32. The maximum Gasteiger partial charge on any atom is 0.264 e. The van der Waals surface area contributed by atoms with Crippen LogP contribution in [0.2, 0.25) is 5.02 Å². The van der Waals surface area contributed by atoms with E-state index in [1.54, 1.807) is 44.2 Å². The number of benzene rings is 3. The first kappa shape index (κ1) is 31.1. The second kappa shape index (κ2) is 13.8. The summed E-state index contributed by atoms with van der Waals surface area (Å²) in [6, 6.07) is 15.9. The molecule has 0 heterocycles. The van der Waals surface area contributed by atoms with E-state index >= 15 is 0 Å². The molecule has 0 aliphatic heterocycles. The third-order valence-electron chi connectivity index (χ3n) is 6.52. The Bertz CT molecular complexity index is 1430. The van der Waals surface area contributed by atoms with Crippen LogP contribution < -0.4 is 9.62 Å². The van der Waals surface area contributed by atoms with Crippen LogP contribution in [0.3, 0.4) is 0 Å². The van der Waals surface area contributed by atoms with E-state index in [1.165, 1.54) is 41.3 Å². The van der Waals surface area contributed by atoms with Crippen molar-refractivity contribution in [2.45, 2.75) is 58.0 Å². The Labute approximate surface area is 241 Å². The Morgan fingerprint density at radius 3 is 2.20 bits per heavy atom. The van der Waals surface area contributed by atoms with Crippen molar-refractivity contribution in [1.82, 2.24) is 10.2 Å². The van der Waals surface area contributed by atoms with E-state index in [2.05, 4.69) is 5.32 Å². The number of aryl methyl sites for hydroxylation is 2. The van der Waals surface area contributed by atoms with Crippen LogP contribution in [-0.2, 0) is 26.2 Å². The van der Waals surface area contributed by atoms with Crippen molar-refractivity contribution < 1.29 is 22.4 Å². The van der Waals surface area contributed by atoms with E-state index in [9.17, 15) is 22.4 Å². The molecule has 10 heteroatoms. The molecule has 0 fully saturated rings. The molecule has 3 rings (SSSR count). The molecule has 0 saturated carbocycles. The molecule has 3 aromatic rings. The molecule has 7 nitrogen and oxygen atoms in total. The Balaban J connectivity index is 2.08. The summed E-state index contributed by atoms with van der Waals surface area (Å²) >= 11 is 6.15. The molecule has 2 amide bonds. The first-order chi connectivity index (χ1) is 19.0. The van der Waals surface area contributed by atoms with Crippen LogP contribution in [0.25, 0.3) is 0 Å². The lowest BCUT2D eigenvalue weighted by molar-refractivity contribution is -0.140. The third-order valence-corrected chi connectivity index (χ3v) is 8.53. The van der Waals surface area contributed by atoms with E-state index in [4.69, 9.17) is 11.6 Å². The standard InChI is InChI=1S/C30H35ClFN3O4S/c1-5-17-33-30(37)27(6-2)34(19-23-9-12-25(32)13-10-23)29(36)20-35(28-16-11-24(31)18-22(28)4)40(38,39)26-14-7-21(3)8-15-26/h7-16,18,27H,5-6,17,19-20H2,1-4H3,(H,33,37). The average Bonchev–Trinajstić information content (AvgIpc) is 2.92. The van der Waals surface area contributed by atoms with Gasteiger partial charge in [-0.3, -0.25) is 13.9 Å². The van der Waals surface area contributed by atoms with Gasteiger partial charge in [0.05, 0.1) is 10.6 Å². The second-order valence-electron chi connectivity index (χ2n) is 9.62. The largest absolute Gasteiger partial charge is 0.354 e. The first-order valence-corrected chi connectivity index (χ1v) is 15.0. The zero-order chi connectivity index (χ0) is 29.4. The van der Waals surface area contributed by atoms with E-state index in [0.29, 0.717) is 41.2 Å². The number of nitrogens with one attached hydrogen (secondary N) is 1. The van der Waals surface area contributed by atoms with Crippen molar-refractivity contribution in [3.05, 3.63) is 94.3 Å². The van der Waals surface area contributed by atoms with Gasteiger partial charge in [0.1, 0.15) is 18.4 Å². The normalized spacial score (nSPS) is 12.1. The lowest BCUT2D eigenvalue weighted by Gasteiger charge is -2.33. The van der Waals surface area contributed by atoms with Crippen LogP contribution in [0.5, 0.6) is 0 Å². The van der Waals surface area contributed by atoms with E-state index in [0.717, 1.165) is 9.87 Å². The molecular formula is C30H35ClFN3O4S. The lowest BCUT2D eigenvalue weighted by atomic mass is 10.1. The summed E-state index contributed by atoms with van der Waals surface area (Å²) in [4.78, 5) is 28.5. The molecule has 0 bridgehead atoms. The van der Waals surface area contributed by atoms with E-state index < -0.39 is 34.3 Å². The molecule has 0 aliphatic carbocycles. The smallest absolute Gasteiger partial charge is 0.264 e. The van der Waals surface area contributed by atoms with Crippen molar-refractivity contribution >= 4 is 39.1 Å². The fourth-order valence-corrected chi connectivity index (χ4v) is 6.03. The number of rotatable bonds is 12. The van der Waals surface area contributed by atoms with Gasteiger partial charge in [0.25, 0.3) is 10.0 Å². The zero-order valence-electron chi connectivity index (χ0n) is 23.2. The molecule has 40 heavy (non-hydrogen) atoms. The Morgan fingerprint density at radius 2 is 1.62 bits per heavy atom. The van der Waals surface area contributed by atoms with Gasteiger partial charge in [0.15, 0.2) is 0 Å². The minimum atomic E-state index is -4.19. The topological polar surface area (TPSA) is 86.8 Å². The SMILES string of the molecule is CCCNC(=O)C(CC)N(Cc1ccc(F)cc1)C(=O)CN(c1ccc(Cl)cc1C)S(=O)(=O)c1ccc(C)cc1. The Kier molecular flexibility index (Phi) is 10.7. The van der Waals surface area contributed by atoms with Gasteiger partial charge in [-0.15, -0.1) is 0 Å². The van der Waals surface area contributed by atoms with Gasteiger partial charge < -0.3 is 10.2 Å². The number of halogens is 2. The quantitative estimate of drug-likeness (QED) is 0.298. The van der Waals surface area contributed by atoms with Crippen LogP contribution in [0.15, 0.2) is 71.6 Å². The summed E-state index contributed by atoms with van der Waals surface area (Å²) in [5, 5.41) is 3.26. The van der Waals surface area contributed by atoms with Crippen LogP contribution in [0.1, 0.15) is 43.4 Å². The van der Waals surface area contributed by atoms with Crippen LogP contribution >= 0.6 is 11.6 Å². The second-order valence-corrected chi connectivity index (χ2v) is 11.9. The van der Waals surface area contributed by atoms with Crippen molar-refractivity contribution in [2.75, 3.05) is 17.4 Å². The average molecular weight is 588 g/mol. The zero-order valence-corrected chi connectivity index (χ0v) is 24.7. The number of nitrogens with zero attached hydrogens (tertiary/aromatic N) is 2. The summed E-state index contributed by atoms with van der Waals surface area (Å²) in [5.41, 5.74) is 2.35. The summed E-state index contributed by atoms with van der Waals surface area (Å²) < 4.78 is 42.5. The molecule has 0 spiro atoms. The molecule has 1 unspecified atom stereocenters. The molecular weight excluding hydrogens is 553 g/mol. The minimum absolute atomic E-state index is 0.00478. The van der Waals surface area contributed by atoms with Crippen molar-refractivity contribution in [3.8, 4) is 0 Å². The molecule has 0 aliphatic rings. The van der Waals surface area contributed by atoms with Gasteiger partial charge in [0, 0.05) is 18.1 Å². The van der Waals surface area contributed by atoms with Gasteiger partial charge in [-0.05, 0) is 80.3 Å². The molecule has 0 saturated heterocycles. The summed E-state index contributed by atoms with van der Waals surface area (Å²) in [5.74, 6) is -1.34. The molecule has 1 atom stereocenters. The maximum absolute atomic E-state index is 14.0. The number of amides is 2.